The van der Waals surface area contributed by atoms with E-state index in [9.17, 15) is 13.2 Å². The van der Waals surface area contributed by atoms with Crippen LogP contribution in [0.25, 0.3) is 11.0 Å². The minimum atomic E-state index is -4.33. The van der Waals surface area contributed by atoms with E-state index in [1.807, 2.05) is 24.3 Å². The van der Waals surface area contributed by atoms with Gasteiger partial charge in [0.25, 0.3) is 0 Å². The Morgan fingerprint density at radius 1 is 1.08 bits per heavy atom. The zero-order valence-corrected chi connectivity index (χ0v) is 13.3. The Kier molecular flexibility index (Phi) is 3.88. The van der Waals surface area contributed by atoms with Gasteiger partial charge in [-0.25, -0.2) is 4.98 Å². The molecule has 1 unspecified atom stereocenters. The van der Waals surface area contributed by atoms with Crippen molar-refractivity contribution in [1.82, 2.24) is 9.97 Å². The van der Waals surface area contributed by atoms with Gasteiger partial charge in [-0.05, 0) is 29.8 Å². The summed E-state index contributed by atoms with van der Waals surface area (Å²) in [6, 6.07) is 12.9. The van der Waals surface area contributed by atoms with Gasteiger partial charge in [0.1, 0.15) is 6.10 Å². The molecule has 0 bridgehead atoms. The highest BCUT2D eigenvalue weighted by Crippen LogP contribution is 2.31. The van der Waals surface area contributed by atoms with Crippen LogP contribution in [-0.2, 0) is 10.9 Å². The topological polar surface area (TPSA) is 41.2 Å². The van der Waals surface area contributed by atoms with Crippen LogP contribution in [0.5, 0.6) is 0 Å². The first-order valence-electron chi connectivity index (χ1n) is 7.99. The molecule has 4 rings (SSSR count). The number of H-pyrrole nitrogens is 1. The molecule has 3 aromatic rings. The molecule has 1 aliphatic heterocycles. The van der Waals surface area contributed by atoms with Crippen molar-refractivity contribution in [2.24, 2.45) is 0 Å². The lowest BCUT2D eigenvalue weighted by atomic mass is 10.1. The Bertz CT molecular complexity index is 840. The average Bonchev–Trinajstić information content (AvgIpc) is 3.05. The lowest BCUT2D eigenvalue weighted by Gasteiger charge is -2.33. The van der Waals surface area contributed by atoms with Crippen LogP contribution >= 0.6 is 0 Å². The number of para-hydroxylation sites is 2. The summed E-state index contributed by atoms with van der Waals surface area (Å²) in [5.74, 6) is 0.751. The largest absolute Gasteiger partial charge is 0.416 e. The van der Waals surface area contributed by atoms with Crippen LogP contribution < -0.4 is 4.90 Å². The fourth-order valence-electron chi connectivity index (χ4n) is 3.02. The zero-order valence-electron chi connectivity index (χ0n) is 13.3. The Labute approximate surface area is 142 Å². The molecule has 1 aromatic heterocycles. The molecular weight excluding hydrogens is 331 g/mol. The Balaban J connectivity index is 1.54. The third-order valence-electron chi connectivity index (χ3n) is 4.35. The highest BCUT2D eigenvalue weighted by molar-refractivity contribution is 5.77. The molecule has 0 saturated carbocycles. The third-order valence-corrected chi connectivity index (χ3v) is 4.35. The van der Waals surface area contributed by atoms with Crippen molar-refractivity contribution in [3.8, 4) is 0 Å². The van der Waals surface area contributed by atoms with Crippen LogP contribution in [0.15, 0.2) is 48.5 Å². The molecule has 0 aliphatic carbocycles. The van der Waals surface area contributed by atoms with Crippen molar-refractivity contribution in [3.05, 3.63) is 59.7 Å². The molecule has 1 atom stereocenters. The summed E-state index contributed by atoms with van der Waals surface area (Å²) in [4.78, 5) is 9.92. The monoisotopic (exact) mass is 347 g/mol. The van der Waals surface area contributed by atoms with Crippen molar-refractivity contribution >= 4 is 17.0 Å². The molecule has 130 valence electrons. The second-order valence-corrected chi connectivity index (χ2v) is 6.00. The van der Waals surface area contributed by atoms with Gasteiger partial charge in [-0.3, -0.25) is 0 Å². The Morgan fingerprint density at radius 2 is 1.84 bits per heavy atom. The van der Waals surface area contributed by atoms with E-state index in [2.05, 4.69) is 14.9 Å². The molecule has 2 heterocycles. The van der Waals surface area contributed by atoms with Gasteiger partial charge in [-0.15, -0.1) is 0 Å². The predicted molar refractivity (Wildman–Crippen MR) is 88.4 cm³/mol. The zero-order chi connectivity index (χ0) is 17.4. The second kappa shape index (κ2) is 6.07. The lowest BCUT2D eigenvalue weighted by molar-refractivity contribution is -0.137. The highest BCUT2D eigenvalue weighted by atomic mass is 19.4. The summed E-state index contributed by atoms with van der Waals surface area (Å²) in [5.41, 5.74) is 1.92. The number of halogens is 3. The number of benzene rings is 2. The number of imidazole rings is 1. The lowest BCUT2D eigenvalue weighted by Crippen LogP contribution is -2.39. The standard InChI is InChI=1S/C18H16F3N3O/c19-18(20,21)13-7-5-12(6-8-13)16-11-24(9-10-25-16)17-22-14-3-1-2-4-15(14)23-17/h1-8,16H,9-11H2,(H,22,23). The van der Waals surface area contributed by atoms with E-state index in [0.717, 1.165) is 34.7 Å². The van der Waals surface area contributed by atoms with Crippen LogP contribution in [0, 0.1) is 0 Å². The first-order chi connectivity index (χ1) is 12.0. The van der Waals surface area contributed by atoms with Crippen LogP contribution in [0.2, 0.25) is 0 Å². The summed E-state index contributed by atoms with van der Waals surface area (Å²) in [6.45, 7) is 1.70. The number of ether oxygens (including phenoxy) is 1. The highest BCUT2D eigenvalue weighted by Gasteiger charge is 2.31. The fraction of sp³-hybridized carbons (Fsp3) is 0.278. The normalized spacial score (nSPS) is 18.7. The maximum absolute atomic E-state index is 12.7. The number of anilines is 1. The van der Waals surface area contributed by atoms with Crippen molar-refractivity contribution in [2.75, 3.05) is 24.6 Å². The number of aromatic nitrogens is 2. The van der Waals surface area contributed by atoms with Gasteiger partial charge in [0.2, 0.25) is 5.95 Å². The number of hydrogen-bond acceptors (Lipinski definition) is 3. The van der Waals surface area contributed by atoms with E-state index in [-0.39, 0.29) is 6.10 Å². The second-order valence-electron chi connectivity index (χ2n) is 6.00. The molecule has 2 aromatic carbocycles. The van der Waals surface area contributed by atoms with Crippen molar-refractivity contribution in [3.63, 3.8) is 0 Å². The molecule has 0 spiro atoms. The molecule has 1 saturated heterocycles. The van der Waals surface area contributed by atoms with E-state index in [4.69, 9.17) is 4.74 Å². The SMILES string of the molecule is FC(F)(F)c1ccc(C2CN(c3nc4ccccc4[nH]3)CCO2)cc1. The number of aromatic amines is 1. The van der Waals surface area contributed by atoms with Crippen LogP contribution in [0.3, 0.4) is 0 Å². The fourth-order valence-corrected chi connectivity index (χ4v) is 3.02. The molecular formula is C18H16F3N3O. The molecule has 7 heteroatoms. The van der Waals surface area contributed by atoms with Crippen molar-refractivity contribution in [2.45, 2.75) is 12.3 Å². The maximum Gasteiger partial charge on any atom is 0.416 e. The predicted octanol–water partition coefficient (Wildman–Crippen LogP) is 4.16. The number of nitrogens with zero attached hydrogens (tertiary/aromatic N) is 2. The molecule has 1 fully saturated rings. The van der Waals surface area contributed by atoms with Crippen LogP contribution in [-0.4, -0.2) is 29.7 Å². The first-order valence-corrected chi connectivity index (χ1v) is 7.99. The number of hydrogen-bond donors (Lipinski definition) is 1. The van der Waals surface area contributed by atoms with E-state index in [0.29, 0.717) is 19.7 Å². The van der Waals surface area contributed by atoms with Gasteiger partial charge in [0, 0.05) is 6.54 Å². The first kappa shape index (κ1) is 16.0. The Hall–Kier alpha value is -2.54. The van der Waals surface area contributed by atoms with Crippen LogP contribution in [0.1, 0.15) is 17.2 Å². The average molecular weight is 347 g/mol. The summed E-state index contributed by atoms with van der Waals surface area (Å²) >= 11 is 0. The Morgan fingerprint density at radius 3 is 2.56 bits per heavy atom. The van der Waals surface area contributed by atoms with E-state index in [1.165, 1.54) is 12.1 Å². The quantitative estimate of drug-likeness (QED) is 0.757. The smallest absolute Gasteiger partial charge is 0.370 e. The molecule has 1 aliphatic rings. The minimum Gasteiger partial charge on any atom is -0.370 e. The number of fused-ring (bicyclic) bond motifs is 1. The molecule has 0 radical (unpaired) electrons. The van der Waals surface area contributed by atoms with Gasteiger partial charge < -0.3 is 14.6 Å². The van der Waals surface area contributed by atoms with E-state index >= 15 is 0 Å². The summed E-state index contributed by atoms with van der Waals surface area (Å²) < 4.78 is 43.8. The van der Waals surface area contributed by atoms with Crippen molar-refractivity contribution < 1.29 is 17.9 Å². The molecule has 25 heavy (non-hydrogen) atoms. The third kappa shape index (κ3) is 3.19. The number of alkyl halides is 3. The molecule has 1 N–H and O–H groups in total. The van der Waals surface area contributed by atoms with Crippen LogP contribution in [0.4, 0.5) is 19.1 Å². The summed E-state index contributed by atoms with van der Waals surface area (Å²) in [5, 5.41) is 0. The van der Waals surface area contributed by atoms with Gasteiger partial charge in [-0.1, -0.05) is 24.3 Å². The van der Waals surface area contributed by atoms with Gasteiger partial charge in [0.05, 0.1) is 29.7 Å². The van der Waals surface area contributed by atoms with E-state index in [1.54, 1.807) is 0 Å². The summed E-state index contributed by atoms with van der Waals surface area (Å²) in [7, 11) is 0. The van der Waals surface area contributed by atoms with Gasteiger partial charge >= 0.3 is 6.18 Å². The molecule has 0 amide bonds. The minimum absolute atomic E-state index is 0.288. The summed E-state index contributed by atoms with van der Waals surface area (Å²) in [6.07, 6.45) is -4.61. The number of rotatable bonds is 2. The maximum atomic E-state index is 12.7. The number of morpholine rings is 1. The van der Waals surface area contributed by atoms with Gasteiger partial charge in [-0.2, -0.15) is 13.2 Å². The molecule has 4 nitrogen and oxygen atoms in total. The van der Waals surface area contributed by atoms with Crippen molar-refractivity contribution in [1.29, 1.82) is 0 Å². The van der Waals surface area contributed by atoms with E-state index < -0.39 is 11.7 Å². The number of nitrogens with one attached hydrogen (secondary N) is 1. The van der Waals surface area contributed by atoms with Gasteiger partial charge in [0.15, 0.2) is 0 Å².